The topological polar surface area (TPSA) is 91.0 Å². The molecule has 0 aliphatic heterocycles. The summed E-state index contributed by atoms with van der Waals surface area (Å²) in [5.74, 6) is -0.458. The van der Waals surface area contributed by atoms with E-state index in [9.17, 15) is 4.79 Å². The molecular weight excluding hydrogens is 264 g/mol. The number of nitrogen functional groups attached to an aromatic ring is 1. The number of hydrogen-bond donors (Lipinski definition) is 1. The largest absolute Gasteiger partial charge is 0.462 e. The monoisotopic (exact) mass is 276 g/mol. The van der Waals surface area contributed by atoms with Crippen molar-refractivity contribution in [3.8, 4) is 0 Å². The van der Waals surface area contributed by atoms with Gasteiger partial charge >= 0.3 is 5.97 Å². The molecule has 0 saturated carbocycles. The van der Waals surface area contributed by atoms with Crippen LogP contribution in [-0.4, -0.2) is 27.5 Å². The SMILES string of the molecule is CCOC(=O)c1cc(N)cnc1Sc1ncccn1. The van der Waals surface area contributed by atoms with Gasteiger partial charge in [0.25, 0.3) is 0 Å². The van der Waals surface area contributed by atoms with Gasteiger partial charge in [-0.1, -0.05) is 0 Å². The Bertz CT molecular complexity index is 577. The molecule has 0 spiro atoms. The fourth-order valence-electron chi connectivity index (χ4n) is 1.33. The molecule has 0 radical (unpaired) electrons. The number of nitrogens with zero attached hydrogens (tertiary/aromatic N) is 3. The summed E-state index contributed by atoms with van der Waals surface area (Å²) in [6.07, 6.45) is 4.72. The molecule has 0 fully saturated rings. The molecule has 0 saturated heterocycles. The molecular formula is C12H12N4O2S. The minimum absolute atomic E-state index is 0.291. The van der Waals surface area contributed by atoms with Crippen LogP contribution in [0.3, 0.4) is 0 Å². The van der Waals surface area contributed by atoms with E-state index in [1.54, 1.807) is 25.4 Å². The van der Waals surface area contributed by atoms with Crippen LogP contribution in [0.5, 0.6) is 0 Å². The predicted molar refractivity (Wildman–Crippen MR) is 70.8 cm³/mol. The van der Waals surface area contributed by atoms with Gasteiger partial charge in [0.15, 0.2) is 5.16 Å². The molecule has 0 amide bonds. The number of nitrogens with two attached hydrogens (primary N) is 1. The Kier molecular flexibility index (Phi) is 4.30. The zero-order valence-corrected chi connectivity index (χ0v) is 11.1. The zero-order chi connectivity index (χ0) is 13.7. The summed E-state index contributed by atoms with van der Waals surface area (Å²) in [6.45, 7) is 2.03. The van der Waals surface area contributed by atoms with E-state index in [4.69, 9.17) is 10.5 Å². The Morgan fingerprint density at radius 3 is 2.79 bits per heavy atom. The van der Waals surface area contributed by atoms with E-state index < -0.39 is 5.97 Å². The molecule has 7 heteroatoms. The van der Waals surface area contributed by atoms with Crippen molar-refractivity contribution in [3.63, 3.8) is 0 Å². The van der Waals surface area contributed by atoms with Gasteiger partial charge in [-0.25, -0.2) is 19.7 Å². The lowest BCUT2D eigenvalue weighted by atomic mass is 10.3. The van der Waals surface area contributed by atoms with E-state index in [1.165, 1.54) is 24.0 Å². The van der Waals surface area contributed by atoms with Crippen LogP contribution < -0.4 is 5.73 Å². The van der Waals surface area contributed by atoms with Crippen molar-refractivity contribution in [3.05, 3.63) is 36.3 Å². The fourth-order valence-corrected chi connectivity index (χ4v) is 2.09. The Balaban J connectivity index is 2.32. The van der Waals surface area contributed by atoms with Crippen molar-refractivity contribution < 1.29 is 9.53 Å². The van der Waals surface area contributed by atoms with Gasteiger partial charge in [0.2, 0.25) is 0 Å². The summed E-state index contributed by atoms with van der Waals surface area (Å²) in [7, 11) is 0. The summed E-state index contributed by atoms with van der Waals surface area (Å²) < 4.78 is 4.97. The van der Waals surface area contributed by atoms with E-state index in [-0.39, 0.29) is 0 Å². The van der Waals surface area contributed by atoms with E-state index in [2.05, 4.69) is 15.0 Å². The molecule has 0 bridgehead atoms. The highest BCUT2D eigenvalue weighted by Crippen LogP contribution is 2.27. The van der Waals surface area contributed by atoms with Crippen LogP contribution in [-0.2, 0) is 4.74 Å². The highest BCUT2D eigenvalue weighted by Gasteiger charge is 2.16. The van der Waals surface area contributed by atoms with Crippen molar-refractivity contribution in [2.24, 2.45) is 0 Å². The number of aromatic nitrogens is 3. The van der Waals surface area contributed by atoms with Crippen molar-refractivity contribution in [1.82, 2.24) is 15.0 Å². The summed E-state index contributed by atoms with van der Waals surface area (Å²) in [6, 6.07) is 3.25. The maximum atomic E-state index is 11.8. The highest BCUT2D eigenvalue weighted by molar-refractivity contribution is 7.99. The van der Waals surface area contributed by atoms with E-state index in [1.807, 2.05) is 0 Å². The standard InChI is InChI=1S/C12H12N4O2S/c1-2-18-11(17)9-6-8(13)7-16-10(9)19-12-14-4-3-5-15-12/h3-7H,2,13H2,1H3. The quantitative estimate of drug-likeness (QED) is 0.672. The molecule has 2 rings (SSSR count). The van der Waals surface area contributed by atoms with E-state index >= 15 is 0 Å². The molecule has 0 aromatic carbocycles. The minimum atomic E-state index is -0.458. The molecule has 19 heavy (non-hydrogen) atoms. The average molecular weight is 276 g/mol. The minimum Gasteiger partial charge on any atom is -0.462 e. The summed E-state index contributed by atoms with van der Waals surface area (Å²) in [5, 5.41) is 0.976. The van der Waals surface area contributed by atoms with Gasteiger partial charge in [0.05, 0.1) is 24.1 Å². The molecule has 98 valence electrons. The van der Waals surface area contributed by atoms with Crippen LogP contribution in [0.25, 0.3) is 0 Å². The molecule has 2 heterocycles. The average Bonchev–Trinajstić information content (AvgIpc) is 2.42. The first-order chi connectivity index (χ1) is 9.20. The van der Waals surface area contributed by atoms with Crippen LogP contribution >= 0.6 is 11.8 Å². The lowest BCUT2D eigenvalue weighted by Crippen LogP contribution is -2.08. The lowest BCUT2D eigenvalue weighted by molar-refractivity contribution is 0.0521. The van der Waals surface area contributed by atoms with Crippen molar-refractivity contribution in [2.75, 3.05) is 12.3 Å². The first kappa shape index (κ1) is 13.3. The first-order valence-electron chi connectivity index (χ1n) is 5.58. The zero-order valence-electron chi connectivity index (χ0n) is 10.2. The predicted octanol–water partition coefficient (Wildman–Crippen LogP) is 1.78. The van der Waals surface area contributed by atoms with Crippen LogP contribution in [0, 0.1) is 0 Å². The Labute approximate surface area is 114 Å². The number of rotatable bonds is 4. The number of hydrogen-bond acceptors (Lipinski definition) is 7. The molecule has 0 aliphatic carbocycles. The van der Waals surface area contributed by atoms with Gasteiger partial charge in [-0.3, -0.25) is 0 Å². The van der Waals surface area contributed by atoms with E-state index in [0.717, 1.165) is 0 Å². The van der Waals surface area contributed by atoms with Crippen LogP contribution in [0.4, 0.5) is 5.69 Å². The van der Waals surface area contributed by atoms with E-state index in [0.29, 0.717) is 28.0 Å². The Morgan fingerprint density at radius 1 is 1.37 bits per heavy atom. The number of pyridine rings is 1. The maximum absolute atomic E-state index is 11.8. The third-order valence-corrected chi connectivity index (χ3v) is 3.01. The van der Waals surface area contributed by atoms with Gasteiger partial charge < -0.3 is 10.5 Å². The summed E-state index contributed by atoms with van der Waals surface area (Å²) >= 11 is 1.19. The second kappa shape index (κ2) is 6.14. The number of esters is 1. The molecule has 0 unspecified atom stereocenters. The van der Waals surface area contributed by atoms with Crippen LogP contribution in [0.1, 0.15) is 17.3 Å². The second-order valence-electron chi connectivity index (χ2n) is 3.48. The first-order valence-corrected chi connectivity index (χ1v) is 6.40. The summed E-state index contributed by atoms with van der Waals surface area (Å²) in [5.41, 5.74) is 6.37. The third-order valence-electron chi connectivity index (χ3n) is 2.10. The number of ether oxygens (including phenoxy) is 1. The number of anilines is 1. The van der Waals surface area contributed by atoms with Crippen molar-refractivity contribution in [1.29, 1.82) is 0 Å². The molecule has 2 aromatic heterocycles. The summed E-state index contributed by atoms with van der Waals surface area (Å²) in [4.78, 5) is 24.1. The number of carbonyl (C=O) groups excluding carboxylic acids is 1. The fraction of sp³-hybridized carbons (Fsp3) is 0.167. The van der Waals surface area contributed by atoms with Crippen molar-refractivity contribution in [2.45, 2.75) is 17.1 Å². The Morgan fingerprint density at radius 2 is 2.11 bits per heavy atom. The molecule has 2 N–H and O–H groups in total. The normalized spacial score (nSPS) is 10.2. The second-order valence-corrected chi connectivity index (χ2v) is 4.43. The Hall–Kier alpha value is -2.15. The van der Waals surface area contributed by atoms with Gasteiger partial charge in [-0.15, -0.1) is 0 Å². The maximum Gasteiger partial charge on any atom is 0.340 e. The third kappa shape index (κ3) is 3.41. The van der Waals surface area contributed by atoms with Crippen LogP contribution in [0.2, 0.25) is 0 Å². The van der Waals surface area contributed by atoms with Crippen LogP contribution in [0.15, 0.2) is 40.9 Å². The van der Waals surface area contributed by atoms with Gasteiger partial charge in [0, 0.05) is 12.4 Å². The molecule has 6 nitrogen and oxygen atoms in total. The van der Waals surface area contributed by atoms with Gasteiger partial charge in [-0.05, 0) is 30.8 Å². The molecule has 2 aromatic rings. The highest BCUT2D eigenvalue weighted by atomic mass is 32.2. The lowest BCUT2D eigenvalue weighted by Gasteiger charge is -2.07. The molecule has 0 atom stereocenters. The molecule has 0 aliphatic rings. The smallest absolute Gasteiger partial charge is 0.340 e. The van der Waals surface area contributed by atoms with Gasteiger partial charge in [-0.2, -0.15) is 0 Å². The van der Waals surface area contributed by atoms with Gasteiger partial charge in [0.1, 0.15) is 5.03 Å². The van der Waals surface area contributed by atoms with Crippen molar-refractivity contribution >= 4 is 23.4 Å². The number of carbonyl (C=O) groups is 1.